The van der Waals surface area contributed by atoms with Crippen LogP contribution in [0.1, 0.15) is 72.2 Å². The lowest BCUT2D eigenvalue weighted by molar-refractivity contribution is -0.124. The van der Waals surface area contributed by atoms with Gasteiger partial charge in [0.2, 0.25) is 5.91 Å². The number of hydrogen-bond donors (Lipinski definition) is 5. The minimum atomic E-state index is -1.03. The molecule has 0 unspecified atom stereocenters. The summed E-state index contributed by atoms with van der Waals surface area (Å²) >= 11 is 0. The van der Waals surface area contributed by atoms with Crippen LogP contribution < -0.4 is 15.8 Å². The number of aromatic amines is 1. The second kappa shape index (κ2) is 14.8. The SMILES string of the molecule is COc1ccc(CN(C(=N)CCc2c[nH]c3c2C=CCC3)C(=N)CNC(=O)C(C)(C)N)cc1.Cc1cccc2c1C=CCC2. The molecule has 0 saturated carbocycles. The van der Waals surface area contributed by atoms with Crippen molar-refractivity contribution in [3.63, 3.8) is 0 Å². The summed E-state index contributed by atoms with van der Waals surface area (Å²) in [7, 11) is 1.61. The minimum absolute atomic E-state index is 0.000286. The number of fused-ring (bicyclic) bond motifs is 2. The van der Waals surface area contributed by atoms with Crippen LogP contribution in [-0.4, -0.2) is 46.7 Å². The average Bonchev–Trinajstić information content (AvgIpc) is 3.44. The van der Waals surface area contributed by atoms with E-state index in [2.05, 4.69) is 59.7 Å². The summed E-state index contributed by atoms with van der Waals surface area (Å²) in [4.78, 5) is 17.2. The third-order valence-electron chi connectivity index (χ3n) is 8.00. The molecule has 0 atom stereocenters. The van der Waals surface area contributed by atoms with Gasteiger partial charge in [-0.2, -0.15) is 0 Å². The van der Waals surface area contributed by atoms with E-state index in [4.69, 9.17) is 21.3 Å². The van der Waals surface area contributed by atoms with Crippen LogP contribution in [0.4, 0.5) is 0 Å². The Morgan fingerprint density at radius 3 is 2.41 bits per heavy atom. The van der Waals surface area contributed by atoms with Crippen molar-refractivity contribution < 1.29 is 9.53 Å². The van der Waals surface area contributed by atoms with Crippen molar-refractivity contribution in [3.8, 4) is 5.75 Å². The molecule has 8 nitrogen and oxygen atoms in total. The standard InChI is InChI=1S/C25H34N6O2.C11H12/c1-25(2,28)24(32)30-15-23(27)31(16-17-8-11-19(33-3)12-9-17)22(26)13-10-18-14-29-21-7-5-4-6-20(18)21;1-9-5-4-7-10-6-2-3-8-11(9)10/h4,6,8-9,11-12,14,26-27,29H,5,7,10,13,15-16,28H2,1-3H3,(H,30,32);3-5,7-8H,2,6H2,1H3. The Balaban J connectivity index is 0.000000333. The number of nitrogens with two attached hydrogens (primary N) is 1. The van der Waals surface area contributed by atoms with E-state index in [0.29, 0.717) is 25.2 Å². The van der Waals surface area contributed by atoms with Crippen molar-refractivity contribution in [3.05, 3.63) is 99.9 Å². The number of amidine groups is 2. The van der Waals surface area contributed by atoms with Gasteiger partial charge in [0, 0.05) is 18.3 Å². The fourth-order valence-corrected chi connectivity index (χ4v) is 5.35. The van der Waals surface area contributed by atoms with E-state index < -0.39 is 5.54 Å². The van der Waals surface area contributed by atoms with Crippen molar-refractivity contribution in [2.24, 2.45) is 5.73 Å². The lowest BCUT2D eigenvalue weighted by Gasteiger charge is -2.27. The Kier molecular flexibility index (Phi) is 11.0. The van der Waals surface area contributed by atoms with Crippen LogP contribution in [0, 0.1) is 17.7 Å². The van der Waals surface area contributed by atoms with Crippen molar-refractivity contribution in [2.45, 2.75) is 71.4 Å². The lowest BCUT2D eigenvalue weighted by Crippen LogP contribution is -2.52. The largest absolute Gasteiger partial charge is 0.497 e. The summed E-state index contributed by atoms with van der Waals surface area (Å²) in [6.07, 6.45) is 16.5. The second-order valence-electron chi connectivity index (χ2n) is 12.0. The number of aryl methyl sites for hydroxylation is 4. The third kappa shape index (κ3) is 8.57. The number of hydrogen-bond acceptors (Lipinski definition) is 5. The van der Waals surface area contributed by atoms with Crippen LogP contribution in [0.15, 0.2) is 60.8 Å². The van der Waals surface area contributed by atoms with E-state index >= 15 is 0 Å². The fourth-order valence-electron chi connectivity index (χ4n) is 5.35. The van der Waals surface area contributed by atoms with Crippen molar-refractivity contribution in [2.75, 3.05) is 13.7 Å². The molecule has 1 heterocycles. The van der Waals surface area contributed by atoms with Gasteiger partial charge in [0.15, 0.2) is 0 Å². The van der Waals surface area contributed by atoms with E-state index in [1.807, 2.05) is 30.5 Å². The monoisotopic (exact) mass is 594 g/mol. The molecule has 0 aliphatic heterocycles. The van der Waals surface area contributed by atoms with E-state index in [9.17, 15) is 4.79 Å². The number of carbonyl (C=O) groups excluding carboxylic acids is 1. The maximum Gasteiger partial charge on any atom is 0.239 e. The number of aromatic nitrogens is 1. The fraction of sp³-hybridized carbons (Fsp3) is 0.361. The van der Waals surface area contributed by atoms with Crippen LogP contribution in [-0.2, 0) is 30.6 Å². The number of H-pyrrole nitrogens is 1. The summed E-state index contributed by atoms with van der Waals surface area (Å²) < 4.78 is 5.23. The van der Waals surface area contributed by atoms with Crippen molar-refractivity contribution in [1.29, 1.82) is 10.8 Å². The Morgan fingerprint density at radius 1 is 1.02 bits per heavy atom. The van der Waals surface area contributed by atoms with Gasteiger partial charge in [0.1, 0.15) is 17.4 Å². The molecule has 2 aliphatic rings. The highest BCUT2D eigenvalue weighted by atomic mass is 16.5. The van der Waals surface area contributed by atoms with E-state index in [-0.39, 0.29) is 18.3 Å². The minimum Gasteiger partial charge on any atom is -0.497 e. The average molecular weight is 595 g/mol. The molecule has 0 spiro atoms. The summed E-state index contributed by atoms with van der Waals surface area (Å²) in [6, 6.07) is 14.1. The van der Waals surface area contributed by atoms with Crippen molar-refractivity contribution >= 4 is 29.7 Å². The smallest absolute Gasteiger partial charge is 0.239 e. The van der Waals surface area contributed by atoms with E-state index in [0.717, 1.165) is 24.2 Å². The van der Waals surface area contributed by atoms with E-state index in [1.54, 1.807) is 25.9 Å². The zero-order valence-electron chi connectivity index (χ0n) is 26.4. The molecule has 1 amide bonds. The Hall–Kier alpha value is -4.43. The van der Waals surface area contributed by atoms with Crippen LogP contribution in [0.3, 0.4) is 0 Å². The maximum absolute atomic E-state index is 12.2. The normalized spacial score (nSPS) is 13.2. The molecule has 1 aromatic heterocycles. The Labute approximate surface area is 261 Å². The van der Waals surface area contributed by atoms with Crippen molar-refractivity contribution in [1.82, 2.24) is 15.2 Å². The number of ether oxygens (including phenoxy) is 1. The highest BCUT2D eigenvalue weighted by molar-refractivity contribution is 6.00. The first-order chi connectivity index (χ1) is 21.1. The van der Waals surface area contributed by atoms with Gasteiger partial charge >= 0.3 is 0 Å². The van der Waals surface area contributed by atoms with Crippen LogP contribution >= 0.6 is 0 Å². The van der Waals surface area contributed by atoms with Crippen LogP contribution in [0.2, 0.25) is 0 Å². The zero-order valence-corrected chi connectivity index (χ0v) is 26.4. The zero-order chi connectivity index (χ0) is 31.7. The number of nitrogens with zero attached hydrogens (tertiary/aromatic N) is 1. The van der Waals surface area contributed by atoms with Gasteiger partial charge in [-0.05, 0) is 98.4 Å². The highest BCUT2D eigenvalue weighted by Gasteiger charge is 2.24. The van der Waals surface area contributed by atoms with Gasteiger partial charge in [0.05, 0.1) is 25.7 Å². The first-order valence-corrected chi connectivity index (χ1v) is 15.3. The first-order valence-electron chi connectivity index (χ1n) is 15.3. The molecular formula is C36H46N6O2. The molecular weight excluding hydrogens is 548 g/mol. The van der Waals surface area contributed by atoms with Gasteiger partial charge in [-0.3, -0.25) is 15.6 Å². The first kappa shape index (κ1) is 32.5. The summed E-state index contributed by atoms with van der Waals surface area (Å²) in [5, 5.41) is 20.1. The topological polar surface area (TPSA) is 131 Å². The molecule has 8 heteroatoms. The van der Waals surface area contributed by atoms with Gasteiger partial charge in [-0.25, -0.2) is 0 Å². The number of rotatable bonds is 9. The molecule has 0 saturated heterocycles. The van der Waals surface area contributed by atoms with Crippen LogP contribution in [0.25, 0.3) is 12.2 Å². The van der Waals surface area contributed by atoms with Crippen LogP contribution in [0.5, 0.6) is 5.75 Å². The molecule has 44 heavy (non-hydrogen) atoms. The Bertz CT molecular complexity index is 1520. The molecule has 5 rings (SSSR count). The summed E-state index contributed by atoms with van der Waals surface area (Å²) in [6.45, 7) is 5.77. The maximum atomic E-state index is 12.2. The number of carbonyl (C=O) groups is 1. The highest BCUT2D eigenvalue weighted by Crippen LogP contribution is 2.24. The van der Waals surface area contributed by atoms with Gasteiger partial charge in [-0.1, -0.05) is 54.6 Å². The molecule has 0 fully saturated rings. The Morgan fingerprint density at radius 2 is 1.73 bits per heavy atom. The molecule has 6 N–H and O–H groups in total. The predicted octanol–water partition coefficient (Wildman–Crippen LogP) is 6.18. The number of benzene rings is 2. The van der Waals surface area contributed by atoms with Gasteiger partial charge < -0.3 is 25.7 Å². The lowest BCUT2D eigenvalue weighted by atomic mass is 9.94. The van der Waals surface area contributed by atoms with Gasteiger partial charge in [0.25, 0.3) is 0 Å². The predicted molar refractivity (Wildman–Crippen MR) is 180 cm³/mol. The van der Waals surface area contributed by atoms with Gasteiger partial charge in [-0.15, -0.1) is 0 Å². The molecule has 2 aliphatic carbocycles. The number of nitrogens with one attached hydrogen (secondary N) is 4. The van der Waals surface area contributed by atoms with E-state index in [1.165, 1.54) is 46.4 Å². The third-order valence-corrected chi connectivity index (χ3v) is 8.00. The quantitative estimate of drug-likeness (QED) is 0.150. The molecule has 3 aromatic rings. The molecule has 0 bridgehead atoms. The summed E-state index contributed by atoms with van der Waals surface area (Å²) in [5.74, 6) is 0.878. The number of methoxy groups -OCH3 is 1. The molecule has 0 radical (unpaired) electrons. The molecule has 232 valence electrons. The summed E-state index contributed by atoms with van der Waals surface area (Å²) in [5.41, 5.74) is 13.8. The second-order valence-corrected chi connectivity index (χ2v) is 12.0. The number of allylic oxidation sites excluding steroid dienone is 2. The number of amides is 1. The molecule has 2 aromatic carbocycles.